The van der Waals surface area contributed by atoms with Crippen molar-refractivity contribution >= 4 is 22.5 Å². The first-order chi connectivity index (χ1) is 12.2. The van der Waals surface area contributed by atoms with Gasteiger partial charge < -0.3 is 16.2 Å². The Morgan fingerprint density at radius 2 is 1.96 bits per heavy atom. The van der Waals surface area contributed by atoms with E-state index >= 15 is 0 Å². The normalized spacial score (nSPS) is 15.0. The average Bonchev–Trinajstić information content (AvgIpc) is 3.02. The van der Waals surface area contributed by atoms with E-state index in [4.69, 9.17) is 16.2 Å². The molecule has 1 aliphatic rings. The van der Waals surface area contributed by atoms with E-state index in [-0.39, 0.29) is 0 Å². The van der Waals surface area contributed by atoms with Gasteiger partial charge >= 0.3 is 0 Å². The molecule has 1 aliphatic heterocycles. The van der Waals surface area contributed by atoms with Crippen molar-refractivity contribution in [3.05, 3.63) is 36.0 Å². The van der Waals surface area contributed by atoms with Crippen LogP contribution in [0.5, 0.6) is 0 Å². The minimum Gasteiger partial charge on any atom is -0.384 e. The standard InChI is InChI=1S/C19H19N5O/c20-17-11-13(3-6-22-17)15-9-14(2-1-12-4-7-25-8-5-12)18-16(10-15)19(21)24-23-18/h3,6,9-12H,4-5,7-8H2,(H2,20,22)(H3,21,23,24). The van der Waals surface area contributed by atoms with E-state index in [2.05, 4.69) is 27.0 Å². The minimum atomic E-state index is 0.365. The van der Waals surface area contributed by atoms with Crippen LogP contribution in [-0.4, -0.2) is 28.4 Å². The molecule has 0 radical (unpaired) electrons. The third-order valence-electron chi connectivity index (χ3n) is 4.45. The zero-order valence-corrected chi connectivity index (χ0v) is 13.7. The van der Waals surface area contributed by atoms with Gasteiger partial charge in [0.2, 0.25) is 0 Å². The number of nitrogen functional groups attached to an aromatic ring is 2. The molecule has 5 N–H and O–H groups in total. The van der Waals surface area contributed by atoms with E-state index in [1.807, 2.05) is 24.3 Å². The van der Waals surface area contributed by atoms with Gasteiger partial charge in [-0.1, -0.05) is 11.8 Å². The Morgan fingerprint density at radius 3 is 2.76 bits per heavy atom. The van der Waals surface area contributed by atoms with Crippen LogP contribution >= 0.6 is 0 Å². The summed E-state index contributed by atoms with van der Waals surface area (Å²) in [5, 5.41) is 7.99. The number of ether oxygens (including phenoxy) is 1. The van der Waals surface area contributed by atoms with Gasteiger partial charge in [0.1, 0.15) is 5.82 Å². The number of rotatable bonds is 1. The Bertz CT molecular complexity index is 976. The second-order valence-electron chi connectivity index (χ2n) is 6.18. The SMILES string of the molecule is Nc1cc(-c2cc(C#CC3CCOCC3)c3[nH]nc(N)c3c2)ccn1. The number of aromatic nitrogens is 3. The number of fused-ring (bicyclic) bond motifs is 1. The molecule has 1 saturated heterocycles. The molecule has 25 heavy (non-hydrogen) atoms. The number of hydrogen-bond donors (Lipinski definition) is 3. The third kappa shape index (κ3) is 3.14. The first-order valence-corrected chi connectivity index (χ1v) is 8.29. The average molecular weight is 333 g/mol. The van der Waals surface area contributed by atoms with E-state index in [0.717, 1.165) is 53.6 Å². The smallest absolute Gasteiger partial charge is 0.153 e. The summed E-state index contributed by atoms with van der Waals surface area (Å²) in [6, 6.07) is 7.81. The molecule has 0 amide bonds. The second-order valence-corrected chi connectivity index (χ2v) is 6.18. The summed E-state index contributed by atoms with van der Waals surface area (Å²) >= 11 is 0. The van der Waals surface area contributed by atoms with Gasteiger partial charge in [0.05, 0.1) is 11.1 Å². The number of nitrogens with one attached hydrogen (secondary N) is 1. The highest BCUT2D eigenvalue weighted by atomic mass is 16.5. The van der Waals surface area contributed by atoms with Crippen molar-refractivity contribution in [1.29, 1.82) is 0 Å². The van der Waals surface area contributed by atoms with E-state index in [0.29, 0.717) is 17.6 Å². The Hall–Kier alpha value is -3.04. The number of pyridine rings is 1. The number of nitrogens with zero attached hydrogens (tertiary/aromatic N) is 2. The number of H-pyrrole nitrogens is 1. The Labute approximate surface area is 145 Å². The van der Waals surface area contributed by atoms with Gasteiger partial charge in [-0.3, -0.25) is 5.10 Å². The summed E-state index contributed by atoms with van der Waals surface area (Å²) in [4.78, 5) is 4.05. The lowest BCUT2D eigenvalue weighted by Gasteiger charge is -2.16. The molecule has 0 bridgehead atoms. The number of anilines is 2. The number of nitrogens with two attached hydrogens (primary N) is 2. The maximum atomic E-state index is 6.02. The van der Waals surface area contributed by atoms with Gasteiger partial charge in [-0.2, -0.15) is 5.10 Å². The quantitative estimate of drug-likeness (QED) is 0.594. The predicted octanol–water partition coefficient (Wildman–Crippen LogP) is 2.57. The van der Waals surface area contributed by atoms with E-state index in [1.54, 1.807) is 6.20 Å². The number of hydrogen-bond acceptors (Lipinski definition) is 5. The first-order valence-electron chi connectivity index (χ1n) is 8.29. The molecular weight excluding hydrogens is 314 g/mol. The van der Waals surface area contributed by atoms with Crippen molar-refractivity contribution in [2.75, 3.05) is 24.7 Å². The molecule has 0 saturated carbocycles. The summed E-state index contributed by atoms with van der Waals surface area (Å²) in [5.74, 6) is 8.00. The molecule has 2 aromatic heterocycles. The van der Waals surface area contributed by atoms with Crippen LogP contribution < -0.4 is 11.5 Å². The highest BCUT2D eigenvalue weighted by molar-refractivity contribution is 5.96. The molecular formula is C19H19N5O. The fourth-order valence-electron chi connectivity index (χ4n) is 3.06. The lowest BCUT2D eigenvalue weighted by molar-refractivity contribution is 0.0807. The van der Waals surface area contributed by atoms with E-state index in [1.165, 1.54) is 0 Å². The second kappa shape index (κ2) is 6.46. The Morgan fingerprint density at radius 1 is 1.12 bits per heavy atom. The van der Waals surface area contributed by atoms with Crippen molar-refractivity contribution in [3.8, 4) is 23.0 Å². The maximum absolute atomic E-state index is 6.02. The number of benzene rings is 1. The summed E-state index contributed by atoms with van der Waals surface area (Å²) in [6.45, 7) is 1.56. The third-order valence-corrected chi connectivity index (χ3v) is 4.45. The van der Waals surface area contributed by atoms with Crippen molar-refractivity contribution in [2.45, 2.75) is 12.8 Å². The minimum absolute atomic E-state index is 0.365. The molecule has 0 aliphatic carbocycles. The number of aromatic amines is 1. The molecule has 0 spiro atoms. The van der Waals surface area contributed by atoms with Gasteiger partial charge in [-0.25, -0.2) is 4.98 Å². The van der Waals surface area contributed by atoms with Crippen LogP contribution in [0.2, 0.25) is 0 Å². The molecule has 4 rings (SSSR count). The van der Waals surface area contributed by atoms with E-state index in [9.17, 15) is 0 Å². The monoisotopic (exact) mass is 333 g/mol. The fourth-order valence-corrected chi connectivity index (χ4v) is 3.06. The van der Waals surface area contributed by atoms with Gasteiger partial charge in [0, 0.05) is 30.7 Å². The Balaban J connectivity index is 1.81. The van der Waals surface area contributed by atoms with Crippen molar-refractivity contribution in [3.63, 3.8) is 0 Å². The van der Waals surface area contributed by atoms with Crippen LogP contribution in [0.15, 0.2) is 30.5 Å². The molecule has 3 heterocycles. The lowest BCUT2D eigenvalue weighted by atomic mass is 9.98. The van der Waals surface area contributed by atoms with Crippen LogP contribution in [-0.2, 0) is 4.74 Å². The summed E-state index contributed by atoms with van der Waals surface area (Å²) in [7, 11) is 0. The predicted molar refractivity (Wildman–Crippen MR) is 98.6 cm³/mol. The van der Waals surface area contributed by atoms with Gasteiger partial charge in [0.15, 0.2) is 5.82 Å². The van der Waals surface area contributed by atoms with Crippen molar-refractivity contribution in [1.82, 2.24) is 15.2 Å². The molecule has 0 unspecified atom stereocenters. The molecule has 0 atom stereocenters. The molecule has 3 aromatic rings. The highest BCUT2D eigenvalue weighted by Gasteiger charge is 2.12. The lowest BCUT2D eigenvalue weighted by Crippen LogP contribution is -2.13. The van der Waals surface area contributed by atoms with Crippen LogP contribution in [0.4, 0.5) is 11.6 Å². The molecule has 1 aromatic carbocycles. The molecule has 6 nitrogen and oxygen atoms in total. The van der Waals surface area contributed by atoms with Crippen LogP contribution in [0.1, 0.15) is 18.4 Å². The highest BCUT2D eigenvalue weighted by Crippen LogP contribution is 2.29. The summed E-state index contributed by atoms with van der Waals surface area (Å²) in [6.07, 6.45) is 3.64. The topological polar surface area (TPSA) is 103 Å². The zero-order chi connectivity index (χ0) is 17.2. The van der Waals surface area contributed by atoms with Crippen LogP contribution in [0, 0.1) is 17.8 Å². The fraction of sp³-hybridized carbons (Fsp3) is 0.263. The van der Waals surface area contributed by atoms with Crippen LogP contribution in [0.25, 0.3) is 22.0 Å². The van der Waals surface area contributed by atoms with Gasteiger partial charge in [-0.05, 0) is 48.2 Å². The van der Waals surface area contributed by atoms with Crippen molar-refractivity contribution < 1.29 is 4.74 Å². The van der Waals surface area contributed by atoms with E-state index < -0.39 is 0 Å². The van der Waals surface area contributed by atoms with Crippen LogP contribution in [0.3, 0.4) is 0 Å². The molecule has 126 valence electrons. The molecule has 6 heteroatoms. The van der Waals surface area contributed by atoms with Gasteiger partial charge in [0.25, 0.3) is 0 Å². The van der Waals surface area contributed by atoms with Crippen molar-refractivity contribution in [2.24, 2.45) is 5.92 Å². The summed E-state index contributed by atoms with van der Waals surface area (Å²) < 4.78 is 5.40. The molecule has 1 fully saturated rings. The zero-order valence-electron chi connectivity index (χ0n) is 13.7. The maximum Gasteiger partial charge on any atom is 0.153 e. The first kappa shape index (κ1) is 15.5. The largest absolute Gasteiger partial charge is 0.384 e. The van der Waals surface area contributed by atoms with Gasteiger partial charge in [-0.15, -0.1) is 0 Å². The summed E-state index contributed by atoms with van der Waals surface area (Å²) in [5.41, 5.74) is 15.6. The Kier molecular flexibility index (Phi) is 4.00.